The molecule has 1 aromatic carbocycles. The summed E-state index contributed by atoms with van der Waals surface area (Å²) in [6.45, 7) is 1.88. The number of alkyl halides is 3. The normalized spacial score (nSPS) is 13.1. The van der Waals surface area contributed by atoms with Crippen molar-refractivity contribution in [2.75, 3.05) is 0 Å². The van der Waals surface area contributed by atoms with Gasteiger partial charge in [-0.25, -0.2) is 0 Å². The average Bonchev–Trinajstić information content (AvgIpc) is 2.33. The minimum absolute atomic E-state index is 0.0508. The number of hydrogen-bond acceptors (Lipinski definition) is 1. The summed E-state index contributed by atoms with van der Waals surface area (Å²) in [4.78, 5) is 11.4. The predicted octanol–water partition coefficient (Wildman–Crippen LogP) is 3.60. The lowest BCUT2D eigenvalue weighted by atomic mass is 10.1. The summed E-state index contributed by atoms with van der Waals surface area (Å²) in [6.07, 6.45) is -3.00. The SMILES string of the molecule is CCCCC(=O)N[C@H](c1ccccc1)C(F)(F)F. The lowest BCUT2D eigenvalue weighted by Crippen LogP contribution is -2.38. The molecule has 0 aromatic heterocycles. The van der Waals surface area contributed by atoms with Crippen molar-refractivity contribution in [1.29, 1.82) is 0 Å². The van der Waals surface area contributed by atoms with Crippen molar-refractivity contribution in [2.45, 2.75) is 38.4 Å². The van der Waals surface area contributed by atoms with E-state index in [1.165, 1.54) is 24.3 Å². The molecule has 0 aliphatic heterocycles. The number of carbonyl (C=O) groups is 1. The highest BCUT2D eigenvalue weighted by atomic mass is 19.4. The predicted molar refractivity (Wildman–Crippen MR) is 62.9 cm³/mol. The minimum Gasteiger partial charge on any atom is -0.341 e. The van der Waals surface area contributed by atoms with Crippen molar-refractivity contribution in [2.24, 2.45) is 0 Å². The summed E-state index contributed by atoms with van der Waals surface area (Å²) < 4.78 is 38.6. The standard InChI is InChI=1S/C13H16F3NO/c1-2-3-9-11(18)17-12(13(14,15)16)10-7-5-4-6-8-10/h4-8,12H,2-3,9H2,1H3,(H,17,18)/t12-/m1/s1. The summed E-state index contributed by atoms with van der Waals surface area (Å²) in [5, 5.41) is 2.04. The van der Waals surface area contributed by atoms with Gasteiger partial charge in [0.15, 0.2) is 6.04 Å². The zero-order chi connectivity index (χ0) is 13.6. The first-order valence-electron chi connectivity index (χ1n) is 5.86. The molecule has 0 heterocycles. The van der Waals surface area contributed by atoms with Crippen LogP contribution in [0.2, 0.25) is 0 Å². The number of nitrogens with one attached hydrogen (secondary N) is 1. The molecule has 1 rings (SSSR count). The number of amides is 1. The molecule has 100 valence electrons. The third kappa shape index (κ3) is 4.39. The molecule has 0 fully saturated rings. The largest absolute Gasteiger partial charge is 0.412 e. The maximum absolute atomic E-state index is 12.9. The van der Waals surface area contributed by atoms with Crippen LogP contribution in [0.3, 0.4) is 0 Å². The van der Waals surface area contributed by atoms with Crippen molar-refractivity contribution >= 4 is 5.91 Å². The molecular formula is C13H16F3NO. The minimum atomic E-state index is -4.48. The zero-order valence-electron chi connectivity index (χ0n) is 10.1. The van der Waals surface area contributed by atoms with E-state index in [2.05, 4.69) is 0 Å². The summed E-state index contributed by atoms with van der Waals surface area (Å²) >= 11 is 0. The molecule has 1 atom stereocenters. The highest BCUT2D eigenvalue weighted by Crippen LogP contribution is 2.32. The van der Waals surface area contributed by atoms with Crippen molar-refractivity contribution in [3.05, 3.63) is 35.9 Å². The van der Waals surface area contributed by atoms with Crippen LogP contribution in [0.4, 0.5) is 13.2 Å². The first kappa shape index (κ1) is 14.5. The first-order valence-corrected chi connectivity index (χ1v) is 5.86. The second kappa shape index (κ2) is 6.42. The van der Waals surface area contributed by atoms with E-state index < -0.39 is 18.1 Å². The second-order valence-corrected chi connectivity index (χ2v) is 4.06. The van der Waals surface area contributed by atoms with Gasteiger partial charge in [0.05, 0.1) is 0 Å². The van der Waals surface area contributed by atoms with Crippen LogP contribution in [-0.2, 0) is 4.79 Å². The fraction of sp³-hybridized carbons (Fsp3) is 0.462. The Morgan fingerprint density at radius 1 is 1.28 bits per heavy atom. The van der Waals surface area contributed by atoms with Crippen molar-refractivity contribution in [1.82, 2.24) is 5.32 Å². The fourth-order valence-electron chi connectivity index (χ4n) is 1.57. The lowest BCUT2D eigenvalue weighted by molar-refractivity contribution is -0.163. The number of unbranched alkanes of at least 4 members (excludes halogenated alkanes) is 1. The Hall–Kier alpha value is -1.52. The Morgan fingerprint density at radius 2 is 1.89 bits per heavy atom. The Balaban J connectivity index is 2.78. The van der Waals surface area contributed by atoms with E-state index in [1.54, 1.807) is 6.07 Å². The van der Waals surface area contributed by atoms with E-state index in [0.717, 1.165) is 6.42 Å². The quantitative estimate of drug-likeness (QED) is 0.860. The molecule has 5 heteroatoms. The maximum atomic E-state index is 12.9. The third-order valence-corrected chi connectivity index (χ3v) is 2.52. The van der Waals surface area contributed by atoms with Crippen molar-refractivity contribution in [3.63, 3.8) is 0 Å². The molecule has 1 aromatic rings. The zero-order valence-corrected chi connectivity index (χ0v) is 10.1. The first-order chi connectivity index (χ1) is 8.45. The summed E-state index contributed by atoms with van der Waals surface area (Å²) in [6, 6.07) is 5.47. The van der Waals surface area contributed by atoms with Crippen LogP contribution >= 0.6 is 0 Å². The molecule has 0 unspecified atom stereocenters. The maximum Gasteiger partial charge on any atom is 0.412 e. The Morgan fingerprint density at radius 3 is 2.39 bits per heavy atom. The van der Waals surface area contributed by atoms with Crippen LogP contribution < -0.4 is 5.32 Å². The van der Waals surface area contributed by atoms with Gasteiger partial charge in [0.25, 0.3) is 0 Å². The van der Waals surface area contributed by atoms with Crippen LogP contribution in [0.1, 0.15) is 37.8 Å². The van der Waals surface area contributed by atoms with Crippen LogP contribution in [0.15, 0.2) is 30.3 Å². The van der Waals surface area contributed by atoms with Gasteiger partial charge >= 0.3 is 6.18 Å². The molecule has 0 aliphatic rings. The van der Waals surface area contributed by atoms with Crippen LogP contribution in [-0.4, -0.2) is 12.1 Å². The molecule has 0 saturated heterocycles. The van der Waals surface area contributed by atoms with Crippen molar-refractivity contribution < 1.29 is 18.0 Å². The molecule has 1 N–H and O–H groups in total. The van der Waals surface area contributed by atoms with E-state index in [0.29, 0.717) is 6.42 Å². The van der Waals surface area contributed by atoms with Gasteiger partial charge in [-0.15, -0.1) is 0 Å². The monoisotopic (exact) mass is 259 g/mol. The molecule has 18 heavy (non-hydrogen) atoms. The van der Waals surface area contributed by atoms with E-state index in [-0.39, 0.29) is 12.0 Å². The Kier molecular flexibility index (Phi) is 5.19. The van der Waals surface area contributed by atoms with Gasteiger partial charge in [-0.3, -0.25) is 4.79 Å². The molecule has 0 aliphatic carbocycles. The van der Waals surface area contributed by atoms with Crippen LogP contribution in [0, 0.1) is 0 Å². The summed E-state index contributed by atoms with van der Waals surface area (Å²) in [5.41, 5.74) is 0.0508. The smallest absolute Gasteiger partial charge is 0.341 e. The number of halogens is 3. The summed E-state index contributed by atoms with van der Waals surface area (Å²) in [5.74, 6) is -0.567. The van der Waals surface area contributed by atoms with Crippen LogP contribution in [0.25, 0.3) is 0 Å². The number of carbonyl (C=O) groups excluding carboxylic acids is 1. The van der Waals surface area contributed by atoms with Gasteiger partial charge in [0.1, 0.15) is 0 Å². The summed E-state index contributed by atoms with van der Waals surface area (Å²) in [7, 11) is 0. The molecule has 1 amide bonds. The third-order valence-electron chi connectivity index (χ3n) is 2.52. The second-order valence-electron chi connectivity index (χ2n) is 4.06. The highest BCUT2D eigenvalue weighted by molar-refractivity contribution is 5.76. The van der Waals surface area contributed by atoms with Gasteiger partial charge in [0, 0.05) is 6.42 Å². The Bertz CT molecular complexity index is 376. The molecular weight excluding hydrogens is 243 g/mol. The molecule has 0 spiro atoms. The van der Waals surface area contributed by atoms with Crippen molar-refractivity contribution in [3.8, 4) is 0 Å². The molecule has 0 bridgehead atoms. The van der Waals surface area contributed by atoms with E-state index in [1.807, 2.05) is 12.2 Å². The van der Waals surface area contributed by atoms with Gasteiger partial charge in [-0.1, -0.05) is 43.7 Å². The molecule has 2 nitrogen and oxygen atoms in total. The van der Waals surface area contributed by atoms with Crippen LogP contribution in [0.5, 0.6) is 0 Å². The fourth-order valence-corrected chi connectivity index (χ4v) is 1.57. The van der Waals surface area contributed by atoms with E-state index in [9.17, 15) is 18.0 Å². The number of benzene rings is 1. The number of hydrogen-bond donors (Lipinski definition) is 1. The molecule has 0 saturated carbocycles. The van der Waals surface area contributed by atoms with E-state index >= 15 is 0 Å². The lowest BCUT2D eigenvalue weighted by Gasteiger charge is -2.22. The van der Waals surface area contributed by atoms with Gasteiger partial charge in [-0.2, -0.15) is 13.2 Å². The van der Waals surface area contributed by atoms with Gasteiger partial charge < -0.3 is 5.32 Å². The topological polar surface area (TPSA) is 29.1 Å². The van der Waals surface area contributed by atoms with E-state index in [4.69, 9.17) is 0 Å². The Labute approximate surface area is 104 Å². The average molecular weight is 259 g/mol. The van der Waals surface area contributed by atoms with Gasteiger partial charge in [0.2, 0.25) is 5.91 Å². The number of rotatable bonds is 5. The molecule has 0 radical (unpaired) electrons. The van der Waals surface area contributed by atoms with Gasteiger partial charge in [-0.05, 0) is 12.0 Å². The highest BCUT2D eigenvalue weighted by Gasteiger charge is 2.41.